The maximum atomic E-state index is 8.42. The predicted molar refractivity (Wildman–Crippen MR) is 35.0 cm³/mol. The third-order valence-corrected chi connectivity index (χ3v) is 1.14. The molecule has 1 aliphatic heterocycles. The molecule has 3 heteroatoms. The monoisotopic (exact) mass is 125 g/mol. The SMILES string of the molecule is OCCCC1=C[N]N=C1. The minimum absolute atomic E-state index is 0.241. The van der Waals surface area contributed by atoms with Gasteiger partial charge in [0.05, 0.1) is 12.4 Å². The minimum Gasteiger partial charge on any atom is -0.396 e. The summed E-state index contributed by atoms with van der Waals surface area (Å²) in [5.41, 5.74) is 4.74. The van der Waals surface area contributed by atoms with Crippen molar-refractivity contribution in [3.05, 3.63) is 11.8 Å². The maximum absolute atomic E-state index is 8.42. The van der Waals surface area contributed by atoms with Gasteiger partial charge in [0.15, 0.2) is 0 Å². The quantitative estimate of drug-likeness (QED) is 0.577. The van der Waals surface area contributed by atoms with Gasteiger partial charge in [0.1, 0.15) is 0 Å². The summed E-state index contributed by atoms with van der Waals surface area (Å²) < 4.78 is 0. The zero-order chi connectivity index (χ0) is 6.53. The molecule has 1 rings (SSSR count). The Hall–Kier alpha value is -0.830. The molecular weight excluding hydrogens is 116 g/mol. The zero-order valence-corrected chi connectivity index (χ0v) is 5.12. The Morgan fingerprint density at radius 3 is 3.00 bits per heavy atom. The van der Waals surface area contributed by atoms with Crippen molar-refractivity contribution < 1.29 is 5.11 Å². The molecule has 0 saturated carbocycles. The number of allylic oxidation sites excluding steroid dienone is 1. The first-order valence-corrected chi connectivity index (χ1v) is 2.96. The highest BCUT2D eigenvalue weighted by molar-refractivity contribution is 5.79. The summed E-state index contributed by atoms with van der Waals surface area (Å²) in [6.45, 7) is 0.241. The van der Waals surface area contributed by atoms with E-state index in [1.54, 1.807) is 12.4 Å². The summed E-state index contributed by atoms with van der Waals surface area (Å²) in [4.78, 5) is 0. The first-order chi connectivity index (χ1) is 4.43. The van der Waals surface area contributed by atoms with Crippen molar-refractivity contribution in [3.8, 4) is 0 Å². The first kappa shape index (κ1) is 6.29. The molecule has 1 radical (unpaired) electrons. The van der Waals surface area contributed by atoms with Gasteiger partial charge in [-0.3, -0.25) is 0 Å². The van der Waals surface area contributed by atoms with E-state index in [0.29, 0.717) is 0 Å². The summed E-state index contributed by atoms with van der Waals surface area (Å²) in [6, 6.07) is 0. The minimum atomic E-state index is 0.241. The van der Waals surface area contributed by atoms with Crippen molar-refractivity contribution in [2.24, 2.45) is 5.10 Å². The predicted octanol–water partition coefficient (Wildman–Crippen LogP) is 0.247. The Morgan fingerprint density at radius 2 is 2.44 bits per heavy atom. The Labute approximate surface area is 54.1 Å². The van der Waals surface area contributed by atoms with Crippen LogP contribution in [0.5, 0.6) is 0 Å². The summed E-state index contributed by atoms with van der Waals surface area (Å²) in [6.07, 6.45) is 5.11. The Balaban J connectivity index is 2.19. The molecule has 0 spiro atoms. The average Bonchev–Trinajstić information content (AvgIpc) is 2.34. The van der Waals surface area contributed by atoms with Gasteiger partial charge in [0, 0.05) is 6.61 Å². The highest BCUT2D eigenvalue weighted by atomic mass is 16.2. The molecule has 0 unspecified atom stereocenters. The van der Waals surface area contributed by atoms with Crippen LogP contribution in [0.3, 0.4) is 0 Å². The number of rotatable bonds is 3. The second-order valence-electron chi connectivity index (χ2n) is 1.89. The fourth-order valence-electron chi connectivity index (χ4n) is 0.661. The van der Waals surface area contributed by atoms with Gasteiger partial charge < -0.3 is 5.11 Å². The molecule has 0 fully saturated rings. The van der Waals surface area contributed by atoms with E-state index in [4.69, 9.17) is 5.11 Å². The highest BCUT2D eigenvalue weighted by Crippen LogP contribution is 2.03. The lowest BCUT2D eigenvalue weighted by Crippen LogP contribution is -1.86. The maximum Gasteiger partial charge on any atom is 0.0543 e. The van der Waals surface area contributed by atoms with Crippen molar-refractivity contribution in [2.75, 3.05) is 6.61 Å². The third kappa shape index (κ3) is 1.85. The lowest BCUT2D eigenvalue weighted by Gasteiger charge is -1.91. The summed E-state index contributed by atoms with van der Waals surface area (Å²) in [5.74, 6) is 0. The standard InChI is InChI=1S/C6H9N2O/c9-3-1-2-6-4-7-8-5-6/h4-5,9H,1-3H2. The number of nitrogens with zero attached hydrogens (tertiary/aromatic N) is 2. The topological polar surface area (TPSA) is 46.7 Å². The van der Waals surface area contributed by atoms with Gasteiger partial charge in [-0.2, -0.15) is 10.5 Å². The molecule has 3 nitrogen and oxygen atoms in total. The Kier molecular flexibility index (Phi) is 2.27. The van der Waals surface area contributed by atoms with Crippen molar-refractivity contribution in [3.63, 3.8) is 0 Å². The van der Waals surface area contributed by atoms with Gasteiger partial charge in [-0.15, -0.1) is 0 Å². The van der Waals surface area contributed by atoms with E-state index >= 15 is 0 Å². The van der Waals surface area contributed by atoms with E-state index in [1.165, 1.54) is 0 Å². The normalized spacial score (nSPS) is 15.4. The first-order valence-electron chi connectivity index (χ1n) is 2.96. The van der Waals surface area contributed by atoms with Crippen LogP contribution in [0, 0.1) is 0 Å². The Bertz CT molecular complexity index is 140. The van der Waals surface area contributed by atoms with Gasteiger partial charge in [0.2, 0.25) is 0 Å². The lowest BCUT2D eigenvalue weighted by molar-refractivity contribution is 0.289. The van der Waals surface area contributed by atoms with E-state index in [-0.39, 0.29) is 6.61 Å². The lowest BCUT2D eigenvalue weighted by atomic mass is 10.2. The van der Waals surface area contributed by atoms with Gasteiger partial charge in [-0.05, 0) is 18.4 Å². The highest BCUT2D eigenvalue weighted by Gasteiger charge is 1.97. The second-order valence-corrected chi connectivity index (χ2v) is 1.89. The number of hydrogen-bond donors (Lipinski definition) is 1. The van der Waals surface area contributed by atoms with Gasteiger partial charge in [-0.1, -0.05) is 0 Å². The van der Waals surface area contributed by atoms with E-state index in [1.807, 2.05) is 0 Å². The second kappa shape index (κ2) is 3.25. The number of aliphatic hydroxyl groups is 1. The van der Waals surface area contributed by atoms with E-state index in [9.17, 15) is 0 Å². The van der Waals surface area contributed by atoms with E-state index < -0.39 is 0 Å². The van der Waals surface area contributed by atoms with Crippen LogP contribution in [0.4, 0.5) is 0 Å². The molecular formula is C6H9N2O. The number of aliphatic hydroxyl groups excluding tert-OH is 1. The molecule has 0 saturated heterocycles. The number of hydrogen-bond acceptors (Lipinski definition) is 2. The summed E-state index contributed by atoms with van der Waals surface area (Å²) >= 11 is 0. The van der Waals surface area contributed by atoms with Crippen LogP contribution >= 0.6 is 0 Å². The fourth-order valence-corrected chi connectivity index (χ4v) is 0.661. The molecule has 0 amide bonds. The van der Waals surface area contributed by atoms with E-state index in [2.05, 4.69) is 10.5 Å². The molecule has 49 valence electrons. The molecule has 0 aromatic heterocycles. The van der Waals surface area contributed by atoms with Crippen LogP contribution in [0.2, 0.25) is 0 Å². The zero-order valence-electron chi connectivity index (χ0n) is 5.12. The molecule has 0 aromatic carbocycles. The van der Waals surface area contributed by atoms with E-state index in [0.717, 1.165) is 18.4 Å². The van der Waals surface area contributed by atoms with Crippen LogP contribution in [0.1, 0.15) is 12.8 Å². The van der Waals surface area contributed by atoms with Gasteiger partial charge >= 0.3 is 0 Å². The molecule has 0 bridgehead atoms. The molecule has 1 N–H and O–H groups in total. The average molecular weight is 125 g/mol. The third-order valence-electron chi connectivity index (χ3n) is 1.14. The van der Waals surface area contributed by atoms with Crippen molar-refractivity contribution in [1.82, 2.24) is 5.43 Å². The largest absolute Gasteiger partial charge is 0.396 e. The van der Waals surface area contributed by atoms with Gasteiger partial charge in [0.25, 0.3) is 0 Å². The molecule has 9 heavy (non-hydrogen) atoms. The molecule has 0 atom stereocenters. The fraction of sp³-hybridized carbons (Fsp3) is 0.500. The molecule has 0 aromatic rings. The summed E-state index contributed by atoms with van der Waals surface area (Å²) in [7, 11) is 0. The molecule has 0 aliphatic carbocycles. The van der Waals surface area contributed by atoms with Crippen LogP contribution in [0.15, 0.2) is 16.9 Å². The summed E-state index contributed by atoms with van der Waals surface area (Å²) in [5, 5.41) is 12.1. The van der Waals surface area contributed by atoms with Crippen LogP contribution in [0.25, 0.3) is 0 Å². The van der Waals surface area contributed by atoms with Crippen molar-refractivity contribution in [1.29, 1.82) is 0 Å². The Morgan fingerprint density at radius 1 is 1.56 bits per heavy atom. The van der Waals surface area contributed by atoms with Gasteiger partial charge in [-0.25, -0.2) is 0 Å². The van der Waals surface area contributed by atoms with Crippen LogP contribution in [-0.2, 0) is 0 Å². The molecule has 1 aliphatic rings. The van der Waals surface area contributed by atoms with Crippen molar-refractivity contribution >= 4 is 6.21 Å². The molecule has 1 heterocycles. The van der Waals surface area contributed by atoms with Crippen molar-refractivity contribution in [2.45, 2.75) is 12.8 Å². The van der Waals surface area contributed by atoms with Crippen LogP contribution in [-0.4, -0.2) is 17.9 Å². The van der Waals surface area contributed by atoms with Crippen LogP contribution < -0.4 is 5.43 Å². The smallest absolute Gasteiger partial charge is 0.0543 e.